The summed E-state index contributed by atoms with van der Waals surface area (Å²) in [6.45, 7) is 4.13. The highest BCUT2D eigenvalue weighted by Gasteiger charge is 2.41. The van der Waals surface area contributed by atoms with Gasteiger partial charge in [0.1, 0.15) is 28.8 Å². The number of aryl methyl sites for hydroxylation is 1. The van der Waals surface area contributed by atoms with Crippen LogP contribution in [-0.4, -0.2) is 13.2 Å². The van der Waals surface area contributed by atoms with E-state index in [1.54, 1.807) is 0 Å². The van der Waals surface area contributed by atoms with Crippen LogP contribution in [0.25, 0.3) is 11.1 Å². The number of hydrogen-bond acceptors (Lipinski definition) is 3. The fourth-order valence-electron chi connectivity index (χ4n) is 4.46. The first kappa shape index (κ1) is 28.9. The van der Waals surface area contributed by atoms with E-state index in [0.29, 0.717) is 37.0 Å². The predicted molar refractivity (Wildman–Crippen MR) is 130 cm³/mol. The van der Waals surface area contributed by atoms with Crippen LogP contribution in [0.1, 0.15) is 55.6 Å². The van der Waals surface area contributed by atoms with Gasteiger partial charge in [-0.05, 0) is 48.7 Å². The molecule has 0 amide bonds. The van der Waals surface area contributed by atoms with E-state index in [1.807, 2.05) is 0 Å². The minimum Gasteiger partial charge on any atom is -0.429 e. The summed E-state index contributed by atoms with van der Waals surface area (Å²) in [5.41, 5.74) is -2.31. The third-order valence-electron chi connectivity index (χ3n) is 6.52. The van der Waals surface area contributed by atoms with Crippen molar-refractivity contribution in [1.29, 1.82) is 0 Å². The van der Waals surface area contributed by atoms with Crippen LogP contribution >= 0.6 is 0 Å². The largest absolute Gasteiger partial charge is 0.432 e. The molecule has 0 aromatic heterocycles. The quantitative estimate of drug-likeness (QED) is 0.195. The molecule has 3 aromatic carbocycles. The molecule has 0 saturated carbocycles. The zero-order chi connectivity index (χ0) is 28.3. The Morgan fingerprint density at radius 1 is 0.846 bits per heavy atom. The second-order valence-corrected chi connectivity index (χ2v) is 9.57. The number of ether oxygens (including phenoxy) is 3. The molecule has 0 N–H and O–H groups in total. The summed E-state index contributed by atoms with van der Waals surface area (Å²) in [6, 6.07) is 6.00. The van der Waals surface area contributed by atoms with Crippen molar-refractivity contribution in [1.82, 2.24) is 0 Å². The highest BCUT2D eigenvalue weighted by Crippen LogP contribution is 2.38. The van der Waals surface area contributed by atoms with Crippen LogP contribution in [0.4, 0.5) is 30.7 Å². The van der Waals surface area contributed by atoms with Crippen LogP contribution in [0.2, 0.25) is 0 Å². The Morgan fingerprint density at radius 2 is 1.51 bits per heavy atom. The summed E-state index contributed by atoms with van der Waals surface area (Å²) >= 11 is 0. The average Bonchev–Trinajstić information content (AvgIpc) is 2.87. The van der Waals surface area contributed by atoms with Gasteiger partial charge in [0.05, 0.1) is 13.2 Å². The number of benzene rings is 3. The second kappa shape index (κ2) is 12.0. The number of unbranched alkanes of at least 4 members (excludes halogenated alkanes) is 2. The van der Waals surface area contributed by atoms with Crippen molar-refractivity contribution < 1.29 is 44.9 Å². The fraction of sp³-hybridized carbons (Fsp3) is 0.379. The molecule has 10 heteroatoms. The topological polar surface area (TPSA) is 27.7 Å². The van der Waals surface area contributed by atoms with Crippen molar-refractivity contribution in [3.63, 3.8) is 0 Å². The van der Waals surface area contributed by atoms with Gasteiger partial charge in [0, 0.05) is 23.1 Å². The fourth-order valence-corrected chi connectivity index (χ4v) is 4.46. The lowest BCUT2D eigenvalue weighted by Gasteiger charge is -2.29. The van der Waals surface area contributed by atoms with E-state index in [0.717, 1.165) is 44.7 Å². The van der Waals surface area contributed by atoms with Gasteiger partial charge in [0.2, 0.25) is 0 Å². The lowest BCUT2D eigenvalue weighted by molar-refractivity contribution is -0.206. The maximum absolute atomic E-state index is 15.0. The first-order valence-electron chi connectivity index (χ1n) is 12.5. The van der Waals surface area contributed by atoms with Gasteiger partial charge < -0.3 is 14.2 Å². The number of rotatable bonds is 9. The monoisotopic (exact) mass is 556 g/mol. The van der Waals surface area contributed by atoms with E-state index in [9.17, 15) is 30.7 Å². The van der Waals surface area contributed by atoms with Gasteiger partial charge in [0.25, 0.3) is 0 Å². The maximum atomic E-state index is 15.0. The third kappa shape index (κ3) is 6.55. The first-order chi connectivity index (χ1) is 18.5. The van der Waals surface area contributed by atoms with Crippen molar-refractivity contribution in [3.8, 4) is 16.9 Å². The Morgan fingerprint density at radius 3 is 2.10 bits per heavy atom. The SMILES string of the molecule is CCCCCC1COC(c2ccc(-c3cc(F)c(C(F)(F)Oc4cc(C)c(F)c(F)c4)c(F)c3)c(F)c2)OC1. The van der Waals surface area contributed by atoms with Crippen molar-refractivity contribution in [2.75, 3.05) is 13.2 Å². The Labute approximate surface area is 221 Å². The van der Waals surface area contributed by atoms with Crippen LogP contribution in [0.3, 0.4) is 0 Å². The van der Waals surface area contributed by atoms with Crippen LogP contribution in [0, 0.1) is 41.9 Å². The molecule has 0 atom stereocenters. The van der Waals surface area contributed by atoms with E-state index >= 15 is 0 Å². The molecular formula is C29H27F7O3. The van der Waals surface area contributed by atoms with E-state index in [2.05, 4.69) is 11.7 Å². The minimum absolute atomic E-state index is 0.239. The normalized spacial score (nSPS) is 17.9. The molecule has 210 valence electrons. The molecule has 1 heterocycles. The highest BCUT2D eigenvalue weighted by atomic mass is 19.3. The molecule has 1 aliphatic heterocycles. The summed E-state index contributed by atoms with van der Waals surface area (Å²) in [6.07, 6.45) is -1.14. The Hall–Kier alpha value is -3.11. The van der Waals surface area contributed by atoms with Gasteiger partial charge in [-0.15, -0.1) is 0 Å². The molecule has 39 heavy (non-hydrogen) atoms. The molecule has 0 radical (unpaired) electrons. The standard InChI is InChI=1S/C29H27F7O3/c1-3-4-5-6-17-14-37-28(38-15-17)18-7-8-21(22(30)10-18)19-11-23(31)26(24(32)12-19)29(35,36)39-20-9-16(2)27(34)25(33)13-20/h7-13,17,28H,3-6,14-15H2,1-2H3. The minimum atomic E-state index is -4.59. The molecule has 3 nitrogen and oxygen atoms in total. The zero-order valence-electron chi connectivity index (χ0n) is 21.3. The van der Waals surface area contributed by atoms with E-state index in [1.165, 1.54) is 12.1 Å². The molecule has 0 unspecified atom stereocenters. The molecular weight excluding hydrogens is 529 g/mol. The van der Waals surface area contributed by atoms with Gasteiger partial charge in [-0.1, -0.05) is 38.3 Å². The van der Waals surface area contributed by atoms with Crippen molar-refractivity contribution in [2.45, 2.75) is 51.9 Å². The van der Waals surface area contributed by atoms with Gasteiger partial charge in [-0.2, -0.15) is 8.78 Å². The van der Waals surface area contributed by atoms with E-state index in [4.69, 9.17) is 9.47 Å². The maximum Gasteiger partial charge on any atom is 0.432 e. The second-order valence-electron chi connectivity index (χ2n) is 9.57. The number of hydrogen-bond donors (Lipinski definition) is 0. The van der Waals surface area contributed by atoms with Crippen molar-refractivity contribution in [3.05, 3.63) is 88.2 Å². The van der Waals surface area contributed by atoms with Crippen LogP contribution in [0.5, 0.6) is 5.75 Å². The number of alkyl halides is 2. The van der Waals surface area contributed by atoms with Gasteiger partial charge in [-0.25, -0.2) is 22.0 Å². The smallest absolute Gasteiger partial charge is 0.429 e. The summed E-state index contributed by atoms with van der Waals surface area (Å²) in [7, 11) is 0. The molecule has 1 aliphatic rings. The average molecular weight is 557 g/mol. The van der Waals surface area contributed by atoms with Crippen molar-refractivity contribution >= 4 is 0 Å². The van der Waals surface area contributed by atoms with Crippen LogP contribution in [0.15, 0.2) is 42.5 Å². The summed E-state index contributed by atoms with van der Waals surface area (Å²) in [5, 5.41) is 0. The van der Waals surface area contributed by atoms with Gasteiger partial charge >= 0.3 is 6.11 Å². The Kier molecular flexibility index (Phi) is 8.86. The highest BCUT2D eigenvalue weighted by molar-refractivity contribution is 5.65. The zero-order valence-corrected chi connectivity index (χ0v) is 21.3. The molecule has 1 saturated heterocycles. The number of halogens is 7. The summed E-state index contributed by atoms with van der Waals surface area (Å²) < 4.78 is 117. The lowest BCUT2D eigenvalue weighted by atomic mass is 9.99. The Balaban J connectivity index is 1.51. The van der Waals surface area contributed by atoms with Crippen LogP contribution in [-0.2, 0) is 15.6 Å². The molecule has 1 fully saturated rings. The molecule has 0 spiro atoms. The Bertz CT molecular complexity index is 1270. The van der Waals surface area contributed by atoms with E-state index < -0.39 is 52.8 Å². The summed E-state index contributed by atoms with van der Waals surface area (Å²) in [4.78, 5) is 0. The summed E-state index contributed by atoms with van der Waals surface area (Å²) in [5.74, 6) is -7.62. The van der Waals surface area contributed by atoms with Crippen LogP contribution < -0.4 is 4.74 Å². The first-order valence-corrected chi connectivity index (χ1v) is 12.5. The molecule has 0 aliphatic carbocycles. The molecule has 0 bridgehead atoms. The molecule has 3 aromatic rings. The molecule has 4 rings (SSSR count). The third-order valence-corrected chi connectivity index (χ3v) is 6.52. The van der Waals surface area contributed by atoms with Gasteiger partial charge in [-0.3, -0.25) is 0 Å². The van der Waals surface area contributed by atoms with Gasteiger partial charge in [0.15, 0.2) is 17.9 Å². The van der Waals surface area contributed by atoms with Crippen molar-refractivity contribution in [2.24, 2.45) is 5.92 Å². The predicted octanol–water partition coefficient (Wildman–Crippen LogP) is 8.73. The van der Waals surface area contributed by atoms with E-state index in [-0.39, 0.29) is 22.6 Å². The lowest BCUT2D eigenvalue weighted by Crippen LogP contribution is -2.27.